The molecule has 1 amide bonds. The van der Waals surface area contributed by atoms with Gasteiger partial charge in [-0.05, 0) is 55.6 Å². The first-order chi connectivity index (χ1) is 10.1. The molecule has 1 saturated heterocycles. The number of rotatable bonds is 6. The Labute approximate surface area is 148 Å². The molecule has 22 heavy (non-hydrogen) atoms. The lowest BCUT2D eigenvalue weighted by Crippen LogP contribution is -2.42. The third-order valence-corrected chi connectivity index (χ3v) is 5.20. The first-order valence-corrected chi connectivity index (χ1v) is 8.80. The second-order valence-corrected chi connectivity index (χ2v) is 7.49. The van der Waals surface area contributed by atoms with Gasteiger partial charge in [0.05, 0.1) is 0 Å². The van der Waals surface area contributed by atoms with Gasteiger partial charge in [-0.15, -0.1) is 24.2 Å². The summed E-state index contributed by atoms with van der Waals surface area (Å²) in [7, 11) is 0. The normalized spacial score (nSPS) is 16.6. The molecule has 0 unspecified atom stereocenters. The summed E-state index contributed by atoms with van der Waals surface area (Å²) < 4.78 is 0. The number of amides is 1. The number of hydrogen-bond acceptors (Lipinski definition) is 3. The van der Waals surface area contributed by atoms with Gasteiger partial charge in [0.1, 0.15) is 0 Å². The van der Waals surface area contributed by atoms with E-state index in [4.69, 9.17) is 11.6 Å². The van der Waals surface area contributed by atoms with Gasteiger partial charge in [0, 0.05) is 28.6 Å². The third kappa shape index (κ3) is 6.78. The Balaban J connectivity index is 0.00000242. The lowest BCUT2D eigenvalue weighted by atomic mass is 9.81. The van der Waals surface area contributed by atoms with Crippen molar-refractivity contribution in [2.45, 2.75) is 31.1 Å². The van der Waals surface area contributed by atoms with E-state index in [1.54, 1.807) is 11.8 Å². The number of nitrogens with one attached hydrogen (secondary N) is 2. The molecule has 1 aliphatic rings. The van der Waals surface area contributed by atoms with Gasteiger partial charge in [-0.1, -0.05) is 18.5 Å². The van der Waals surface area contributed by atoms with Crippen molar-refractivity contribution in [1.29, 1.82) is 0 Å². The van der Waals surface area contributed by atoms with E-state index in [1.807, 2.05) is 24.3 Å². The van der Waals surface area contributed by atoms with Crippen LogP contribution in [0.3, 0.4) is 0 Å². The van der Waals surface area contributed by atoms with Crippen molar-refractivity contribution in [2.24, 2.45) is 5.41 Å². The second-order valence-electron chi connectivity index (χ2n) is 5.89. The average Bonchev–Trinajstić information content (AvgIpc) is 2.48. The summed E-state index contributed by atoms with van der Waals surface area (Å²) in [4.78, 5) is 13.1. The first kappa shape index (κ1) is 19.6. The molecule has 1 aliphatic heterocycles. The summed E-state index contributed by atoms with van der Waals surface area (Å²) in [5, 5.41) is 7.19. The van der Waals surface area contributed by atoms with Crippen LogP contribution in [-0.2, 0) is 4.79 Å². The van der Waals surface area contributed by atoms with Crippen molar-refractivity contribution < 1.29 is 4.79 Å². The summed E-state index contributed by atoms with van der Waals surface area (Å²) in [5.74, 6) is 0.947. The first-order valence-electron chi connectivity index (χ1n) is 7.43. The zero-order valence-electron chi connectivity index (χ0n) is 12.9. The van der Waals surface area contributed by atoms with Crippen molar-refractivity contribution in [3.63, 3.8) is 0 Å². The zero-order chi connectivity index (χ0) is 15.1. The Morgan fingerprint density at radius 2 is 1.95 bits per heavy atom. The van der Waals surface area contributed by atoms with E-state index in [9.17, 15) is 4.79 Å². The number of hydrogen-bond donors (Lipinski definition) is 2. The molecule has 1 heterocycles. The fourth-order valence-electron chi connectivity index (χ4n) is 2.40. The van der Waals surface area contributed by atoms with Gasteiger partial charge in [0.25, 0.3) is 0 Å². The molecule has 0 saturated carbocycles. The van der Waals surface area contributed by atoms with Crippen LogP contribution in [0.25, 0.3) is 0 Å². The fourth-order valence-corrected chi connectivity index (χ4v) is 3.38. The molecule has 0 bridgehead atoms. The highest BCUT2D eigenvalue weighted by Gasteiger charge is 2.26. The fraction of sp³-hybridized carbons (Fsp3) is 0.562. The maximum absolute atomic E-state index is 11.9. The quantitative estimate of drug-likeness (QED) is 0.757. The smallest absolute Gasteiger partial charge is 0.220 e. The van der Waals surface area contributed by atoms with Gasteiger partial charge in [-0.2, -0.15) is 0 Å². The topological polar surface area (TPSA) is 41.1 Å². The average molecular weight is 363 g/mol. The minimum Gasteiger partial charge on any atom is -0.356 e. The molecular formula is C16H24Cl2N2OS. The Morgan fingerprint density at radius 3 is 2.59 bits per heavy atom. The molecule has 124 valence electrons. The second kappa shape index (κ2) is 9.66. The minimum absolute atomic E-state index is 0. The lowest BCUT2D eigenvalue weighted by molar-refractivity contribution is -0.121. The molecule has 2 rings (SSSR count). The van der Waals surface area contributed by atoms with Crippen LogP contribution in [0.15, 0.2) is 29.2 Å². The molecule has 2 N–H and O–H groups in total. The molecule has 0 radical (unpaired) electrons. The highest BCUT2D eigenvalue weighted by atomic mass is 35.5. The van der Waals surface area contributed by atoms with E-state index < -0.39 is 0 Å². The van der Waals surface area contributed by atoms with Gasteiger partial charge >= 0.3 is 0 Å². The monoisotopic (exact) mass is 362 g/mol. The number of piperidine rings is 1. The number of carbonyl (C=O) groups excluding carboxylic acids is 1. The molecule has 0 aromatic heterocycles. The summed E-state index contributed by atoms with van der Waals surface area (Å²) in [6.45, 7) is 5.16. The van der Waals surface area contributed by atoms with Crippen LogP contribution in [0, 0.1) is 5.41 Å². The SMILES string of the molecule is CC1(CNC(=O)CCSc2ccc(Cl)cc2)CCNCC1.Cl. The van der Waals surface area contributed by atoms with Crippen molar-refractivity contribution in [1.82, 2.24) is 10.6 Å². The largest absolute Gasteiger partial charge is 0.356 e. The molecule has 0 spiro atoms. The number of carbonyl (C=O) groups is 1. The molecule has 0 aliphatic carbocycles. The molecule has 6 heteroatoms. The predicted molar refractivity (Wildman–Crippen MR) is 97.3 cm³/mol. The Morgan fingerprint density at radius 1 is 1.32 bits per heavy atom. The highest BCUT2D eigenvalue weighted by Crippen LogP contribution is 2.26. The lowest BCUT2D eigenvalue weighted by Gasteiger charge is -2.34. The molecule has 1 aromatic carbocycles. The van der Waals surface area contributed by atoms with Crippen LogP contribution in [0.5, 0.6) is 0 Å². The Kier molecular flexibility index (Phi) is 8.62. The van der Waals surface area contributed by atoms with E-state index in [-0.39, 0.29) is 23.7 Å². The van der Waals surface area contributed by atoms with Gasteiger partial charge in [0.15, 0.2) is 0 Å². The van der Waals surface area contributed by atoms with E-state index in [0.717, 1.165) is 48.1 Å². The van der Waals surface area contributed by atoms with Crippen molar-refractivity contribution >= 4 is 41.7 Å². The maximum Gasteiger partial charge on any atom is 0.220 e. The summed E-state index contributed by atoms with van der Waals surface area (Å²) in [6.07, 6.45) is 2.82. The maximum atomic E-state index is 11.9. The van der Waals surface area contributed by atoms with E-state index in [2.05, 4.69) is 17.6 Å². The van der Waals surface area contributed by atoms with Crippen LogP contribution in [0.4, 0.5) is 0 Å². The van der Waals surface area contributed by atoms with Crippen LogP contribution in [0.1, 0.15) is 26.2 Å². The molecule has 1 fully saturated rings. The zero-order valence-corrected chi connectivity index (χ0v) is 15.3. The van der Waals surface area contributed by atoms with Gasteiger partial charge < -0.3 is 10.6 Å². The van der Waals surface area contributed by atoms with Gasteiger partial charge in [-0.25, -0.2) is 0 Å². The molecule has 1 aromatic rings. The van der Waals surface area contributed by atoms with Crippen LogP contribution in [0.2, 0.25) is 5.02 Å². The Bertz CT molecular complexity index is 462. The van der Waals surface area contributed by atoms with Gasteiger partial charge in [-0.3, -0.25) is 4.79 Å². The molecular weight excluding hydrogens is 339 g/mol. The molecule has 0 atom stereocenters. The highest BCUT2D eigenvalue weighted by molar-refractivity contribution is 7.99. The van der Waals surface area contributed by atoms with Crippen molar-refractivity contribution in [2.75, 3.05) is 25.4 Å². The van der Waals surface area contributed by atoms with Crippen molar-refractivity contribution in [3.05, 3.63) is 29.3 Å². The van der Waals surface area contributed by atoms with E-state index >= 15 is 0 Å². The third-order valence-electron chi connectivity index (χ3n) is 3.93. The van der Waals surface area contributed by atoms with E-state index in [1.165, 1.54) is 0 Å². The summed E-state index contributed by atoms with van der Waals surface area (Å²) in [6, 6.07) is 7.73. The number of benzene rings is 1. The minimum atomic E-state index is 0. The Hall–Kier alpha value is -0.420. The van der Waals surface area contributed by atoms with Crippen LogP contribution in [-0.4, -0.2) is 31.3 Å². The summed E-state index contributed by atoms with van der Waals surface area (Å²) in [5.41, 5.74) is 0.254. The van der Waals surface area contributed by atoms with Crippen LogP contribution < -0.4 is 10.6 Å². The summed E-state index contributed by atoms with van der Waals surface area (Å²) >= 11 is 7.53. The van der Waals surface area contributed by atoms with Gasteiger partial charge in [0.2, 0.25) is 5.91 Å². The standard InChI is InChI=1S/C16H23ClN2OS.ClH/c1-16(7-9-18-10-8-16)12-19-15(20)6-11-21-14-4-2-13(17)3-5-14;/h2-5,18H,6-12H2,1H3,(H,19,20);1H. The number of halogens is 2. The predicted octanol–water partition coefficient (Wildman–Crippen LogP) is 3.75. The van der Waals surface area contributed by atoms with Crippen LogP contribution >= 0.6 is 35.8 Å². The van der Waals surface area contributed by atoms with Crippen molar-refractivity contribution in [3.8, 4) is 0 Å². The number of thioether (sulfide) groups is 1. The van der Waals surface area contributed by atoms with E-state index in [0.29, 0.717) is 6.42 Å². The molecule has 3 nitrogen and oxygen atoms in total.